The van der Waals surface area contributed by atoms with E-state index in [4.69, 9.17) is 0 Å². The van der Waals surface area contributed by atoms with Crippen molar-refractivity contribution in [1.82, 2.24) is 0 Å². The van der Waals surface area contributed by atoms with Crippen molar-refractivity contribution >= 4 is 5.91 Å². The monoisotopic (exact) mass is 190 g/mol. The highest BCUT2D eigenvalue weighted by Gasteiger charge is 2.23. The van der Waals surface area contributed by atoms with Crippen LogP contribution in [0.3, 0.4) is 0 Å². The number of likely N-dealkylation sites (N-methyl/N-ethyl adjacent to an activating group) is 1. The predicted molar refractivity (Wildman–Crippen MR) is 57.5 cm³/mol. The lowest BCUT2D eigenvalue weighted by Crippen LogP contribution is -2.43. The Morgan fingerprint density at radius 3 is 2.43 bits per heavy atom. The van der Waals surface area contributed by atoms with E-state index in [9.17, 15) is 4.79 Å². The van der Waals surface area contributed by atoms with Gasteiger partial charge >= 0.3 is 5.91 Å². The van der Waals surface area contributed by atoms with Gasteiger partial charge in [-0.1, -0.05) is 36.9 Å². The highest BCUT2D eigenvalue weighted by Crippen LogP contribution is 2.09. The summed E-state index contributed by atoms with van der Waals surface area (Å²) in [5, 5.41) is 0. The molecule has 0 N–H and O–H groups in total. The van der Waals surface area contributed by atoms with E-state index in [1.165, 1.54) is 6.08 Å². The number of carbonyl (C=O) groups excluding carboxylic acids is 1. The number of amides is 1. The third-order valence-corrected chi connectivity index (χ3v) is 2.19. The van der Waals surface area contributed by atoms with E-state index in [0.717, 1.165) is 5.56 Å². The highest BCUT2D eigenvalue weighted by atomic mass is 16.2. The zero-order valence-electron chi connectivity index (χ0n) is 8.73. The molecule has 14 heavy (non-hydrogen) atoms. The fourth-order valence-corrected chi connectivity index (χ4v) is 1.36. The maximum Gasteiger partial charge on any atom is 0.337 e. The number of benzene rings is 1. The summed E-state index contributed by atoms with van der Waals surface area (Å²) >= 11 is 0. The first-order valence-corrected chi connectivity index (χ1v) is 4.60. The molecule has 0 unspecified atom stereocenters. The van der Waals surface area contributed by atoms with Crippen LogP contribution in [-0.2, 0) is 11.3 Å². The van der Waals surface area contributed by atoms with Gasteiger partial charge in [0.15, 0.2) is 0 Å². The van der Waals surface area contributed by atoms with Crippen LogP contribution in [-0.4, -0.2) is 24.5 Å². The van der Waals surface area contributed by atoms with Gasteiger partial charge < -0.3 is 0 Å². The first-order chi connectivity index (χ1) is 6.56. The van der Waals surface area contributed by atoms with Gasteiger partial charge in [-0.15, -0.1) is 0 Å². The van der Waals surface area contributed by atoms with Crippen LogP contribution in [0.5, 0.6) is 0 Å². The second kappa shape index (κ2) is 4.20. The number of hydrogen-bond donors (Lipinski definition) is 0. The third kappa shape index (κ3) is 2.54. The summed E-state index contributed by atoms with van der Waals surface area (Å²) in [7, 11) is 3.77. The van der Waals surface area contributed by atoms with Crippen LogP contribution in [0, 0.1) is 0 Å². The maximum absolute atomic E-state index is 11.5. The van der Waals surface area contributed by atoms with Crippen molar-refractivity contribution in [3.63, 3.8) is 0 Å². The molecule has 1 aromatic rings. The minimum Gasteiger partial charge on any atom is -0.258 e. The van der Waals surface area contributed by atoms with E-state index in [2.05, 4.69) is 6.58 Å². The SMILES string of the molecule is C=CC(=O)[N+](C)(C)Cc1ccccc1. The molecular formula is C12H16NO+. The van der Waals surface area contributed by atoms with Gasteiger partial charge in [-0.25, -0.2) is 4.79 Å². The molecule has 2 nitrogen and oxygen atoms in total. The largest absolute Gasteiger partial charge is 0.337 e. The van der Waals surface area contributed by atoms with Gasteiger partial charge in [-0.3, -0.25) is 4.48 Å². The van der Waals surface area contributed by atoms with Crippen molar-refractivity contribution in [2.75, 3.05) is 14.1 Å². The van der Waals surface area contributed by atoms with E-state index in [-0.39, 0.29) is 5.91 Å². The number of carbonyl (C=O) groups is 1. The standard InChI is InChI=1S/C12H16NO/c1-4-12(14)13(2,3)10-11-8-6-5-7-9-11/h4-9H,1,10H2,2-3H3/q+1. The second-order valence-corrected chi connectivity index (χ2v) is 3.87. The summed E-state index contributed by atoms with van der Waals surface area (Å²) < 4.78 is 0.313. The third-order valence-electron chi connectivity index (χ3n) is 2.19. The molecule has 0 aliphatic heterocycles. The summed E-state index contributed by atoms with van der Waals surface area (Å²) in [6, 6.07) is 9.98. The van der Waals surface area contributed by atoms with Crippen LogP contribution < -0.4 is 0 Å². The first kappa shape index (κ1) is 10.7. The molecule has 0 radical (unpaired) electrons. The zero-order valence-corrected chi connectivity index (χ0v) is 8.73. The normalized spacial score (nSPS) is 11.0. The van der Waals surface area contributed by atoms with Gasteiger partial charge in [0, 0.05) is 11.6 Å². The Morgan fingerprint density at radius 1 is 1.36 bits per heavy atom. The number of hydrogen-bond acceptors (Lipinski definition) is 1. The maximum atomic E-state index is 11.5. The fourth-order valence-electron chi connectivity index (χ4n) is 1.36. The van der Waals surface area contributed by atoms with E-state index >= 15 is 0 Å². The second-order valence-electron chi connectivity index (χ2n) is 3.87. The smallest absolute Gasteiger partial charge is 0.258 e. The molecule has 74 valence electrons. The van der Waals surface area contributed by atoms with E-state index in [0.29, 0.717) is 11.0 Å². The van der Waals surface area contributed by atoms with Crippen molar-refractivity contribution in [3.05, 3.63) is 48.6 Å². The van der Waals surface area contributed by atoms with Crippen LogP contribution in [0.2, 0.25) is 0 Å². The van der Waals surface area contributed by atoms with Crippen molar-refractivity contribution < 1.29 is 9.28 Å². The molecule has 1 rings (SSSR count). The van der Waals surface area contributed by atoms with Crippen LogP contribution in [0.25, 0.3) is 0 Å². The van der Waals surface area contributed by atoms with Gasteiger partial charge in [0.05, 0.1) is 14.1 Å². The Bertz CT molecular complexity index is 327. The van der Waals surface area contributed by atoms with E-state index in [1.807, 2.05) is 44.4 Å². The highest BCUT2D eigenvalue weighted by molar-refractivity contribution is 5.80. The minimum atomic E-state index is 0.0360. The fraction of sp³-hybridized carbons (Fsp3) is 0.250. The molecule has 0 saturated heterocycles. The lowest BCUT2D eigenvalue weighted by atomic mass is 10.2. The molecule has 1 aromatic carbocycles. The lowest BCUT2D eigenvalue weighted by Gasteiger charge is -2.25. The molecule has 0 atom stereocenters. The average molecular weight is 190 g/mol. The summed E-state index contributed by atoms with van der Waals surface area (Å²) in [5.74, 6) is 0.0360. The van der Waals surface area contributed by atoms with Crippen LogP contribution in [0.15, 0.2) is 43.0 Å². The molecule has 0 aliphatic rings. The number of quaternary nitrogens is 1. The molecule has 0 spiro atoms. The number of rotatable bonds is 3. The first-order valence-electron chi connectivity index (χ1n) is 4.60. The van der Waals surface area contributed by atoms with Crippen LogP contribution in [0.4, 0.5) is 0 Å². The van der Waals surface area contributed by atoms with Gasteiger partial charge in [0.25, 0.3) is 0 Å². The van der Waals surface area contributed by atoms with Crippen molar-refractivity contribution in [3.8, 4) is 0 Å². The summed E-state index contributed by atoms with van der Waals surface area (Å²) in [5.41, 5.74) is 1.16. The average Bonchev–Trinajstić information content (AvgIpc) is 2.17. The quantitative estimate of drug-likeness (QED) is 0.526. The molecule has 2 heteroatoms. The molecule has 0 aliphatic carbocycles. The summed E-state index contributed by atoms with van der Waals surface area (Å²) in [6.45, 7) is 4.20. The summed E-state index contributed by atoms with van der Waals surface area (Å²) in [6.07, 6.45) is 1.38. The molecule has 1 amide bonds. The van der Waals surface area contributed by atoms with Gasteiger partial charge in [-0.05, 0) is 0 Å². The molecular weight excluding hydrogens is 174 g/mol. The van der Waals surface area contributed by atoms with Gasteiger partial charge in [0.2, 0.25) is 0 Å². The summed E-state index contributed by atoms with van der Waals surface area (Å²) in [4.78, 5) is 11.5. The Hall–Kier alpha value is -1.41. The van der Waals surface area contributed by atoms with Crippen LogP contribution in [0.1, 0.15) is 5.56 Å². The van der Waals surface area contributed by atoms with Gasteiger partial charge in [-0.2, -0.15) is 0 Å². The minimum absolute atomic E-state index is 0.0360. The van der Waals surface area contributed by atoms with Crippen molar-refractivity contribution in [2.45, 2.75) is 6.54 Å². The van der Waals surface area contributed by atoms with Gasteiger partial charge in [0.1, 0.15) is 6.54 Å². The molecule has 0 fully saturated rings. The van der Waals surface area contributed by atoms with E-state index < -0.39 is 0 Å². The Kier molecular flexibility index (Phi) is 3.20. The molecule has 0 heterocycles. The molecule has 0 saturated carbocycles. The van der Waals surface area contributed by atoms with Crippen molar-refractivity contribution in [1.29, 1.82) is 0 Å². The Balaban J connectivity index is 2.78. The molecule has 0 bridgehead atoms. The Labute approximate surface area is 85.1 Å². The van der Waals surface area contributed by atoms with Crippen LogP contribution >= 0.6 is 0 Å². The lowest BCUT2D eigenvalue weighted by molar-refractivity contribution is -0.825. The topological polar surface area (TPSA) is 17.1 Å². The molecule has 0 aromatic heterocycles. The van der Waals surface area contributed by atoms with Crippen molar-refractivity contribution in [2.24, 2.45) is 0 Å². The Morgan fingerprint density at radius 2 is 1.93 bits per heavy atom. The number of nitrogens with zero attached hydrogens (tertiary/aromatic N) is 1. The van der Waals surface area contributed by atoms with E-state index in [1.54, 1.807) is 0 Å². The zero-order chi connectivity index (χ0) is 10.6. The predicted octanol–water partition coefficient (Wildman–Crippen LogP) is 1.98.